The van der Waals surface area contributed by atoms with Gasteiger partial charge >= 0.3 is 6.09 Å². The van der Waals surface area contributed by atoms with Crippen LogP contribution in [-0.4, -0.2) is 42.1 Å². The van der Waals surface area contributed by atoms with Crippen molar-refractivity contribution in [3.63, 3.8) is 0 Å². The summed E-state index contributed by atoms with van der Waals surface area (Å²) in [6.07, 6.45) is 1.91. The van der Waals surface area contributed by atoms with Gasteiger partial charge in [0.15, 0.2) is 0 Å². The van der Waals surface area contributed by atoms with Crippen molar-refractivity contribution in [1.82, 2.24) is 10.2 Å². The summed E-state index contributed by atoms with van der Waals surface area (Å²) in [5, 5.41) is 7.82. The van der Waals surface area contributed by atoms with Crippen molar-refractivity contribution in [1.29, 1.82) is 0 Å². The second-order valence-electron chi connectivity index (χ2n) is 8.19. The number of carbonyl (C=O) groups is 2. The molecule has 156 valence electrons. The maximum atomic E-state index is 12.6. The van der Waals surface area contributed by atoms with Crippen LogP contribution in [0.2, 0.25) is 0 Å². The Balaban J connectivity index is 1.56. The van der Waals surface area contributed by atoms with E-state index in [4.69, 9.17) is 4.74 Å². The van der Waals surface area contributed by atoms with E-state index in [1.807, 2.05) is 20.8 Å². The van der Waals surface area contributed by atoms with Crippen LogP contribution < -0.4 is 10.6 Å². The lowest BCUT2D eigenvalue weighted by Gasteiger charge is -2.27. The molecule has 6 nitrogen and oxygen atoms in total. The van der Waals surface area contributed by atoms with Gasteiger partial charge in [-0.2, -0.15) is 0 Å². The van der Waals surface area contributed by atoms with E-state index in [-0.39, 0.29) is 11.9 Å². The molecule has 2 heterocycles. The summed E-state index contributed by atoms with van der Waals surface area (Å²) >= 11 is 1.73. The molecule has 1 aromatic heterocycles. The lowest BCUT2D eigenvalue weighted by Crippen LogP contribution is -2.36. The van der Waals surface area contributed by atoms with Crippen molar-refractivity contribution in [2.75, 3.05) is 25.0 Å². The van der Waals surface area contributed by atoms with Gasteiger partial charge in [-0.25, -0.2) is 4.79 Å². The fourth-order valence-corrected chi connectivity index (χ4v) is 4.22. The highest BCUT2D eigenvalue weighted by atomic mass is 32.1. The average Bonchev–Trinajstić information content (AvgIpc) is 3.35. The minimum absolute atomic E-state index is 0.116. The average molecular weight is 416 g/mol. The van der Waals surface area contributed by atoms with Gasteiger partial charge in [0.1, 0.15) is 5.60 Å². The molecule has 1 aliphatic rings. The summed E-state index contributed by atoms with van der Waals surface area (Å²) in [5.74, 6) is -0.116. The number of hydrogen-bond acceptors (Lipinski definition) is 5. The number of likely N-dealkylation sites (tertiary alicyclic amines) is 1. The first kappa shape index (κ1) is 21.3. The highest BCUT2D eigenvalue weighted by Crippen LogP contribution is 2.28. The summed E-state index contributed by atoms with van der Waals surface area (Å²) < 4.78 is 5.24. The number of anilines is 1. The zero-order chi connectivity index (χ0) is 20.9. The van der Waals surface area contributed by atoms with Crippen LogP contribution in [0.15, 0.2) is 41.8 Å². The summed E-state index contributed by atoms with van der Waals surface area (Å²) in [7, 11) is 0. The molecular formula is C22H29N3O3S. The smallest absolute Gasteiger partial charge is 0.412 e. The van der Waals surface area contributed by atoms with E-state index in [1.54, 1.807) is 35.6 Å². The number of nitrogens with zero attached hydrogens (tertiary/aromatic N) is 1. The zero-order valence-electron chi connectivity index (χ0n) is 17.2. The van der Waals surface area contributed by atoms with Gasteiger partial charge in [-0.15, -0.1) is 11.3 Å². The highest BCUT2D eigenvalue weighted by Gasteiger charge is 2.24. The molecule has 29 heavy (non-hydrogen) atoms. The SMILES string of the molecule is CC(C)(C)OC(=O)Nc1ccc(C(=O)NC[C@H](c2cccs2)N2CCCC2)cc1. The third kappa shape index (κ3) is 6.30. The predicted molar refractivity (Wildman–Crippen MR) is 116 cm³/mol. The number of thiophene rings is 1. The third-order valence-corrected chi connectivity index (χ3v) is 5.67. The van der Waals surface area contributed by atoms with Crippen molar-refractivity contribution >= 4 is 29.0 Å². The summed E-state index contributed by atoms with van der Waals surface area (Å²) in [5.41, 5.74) is 0.591. The monoisotopic (exact) mass is 415 g/mol. The molecule has 2 aromatic rings. The molecule has 2 amide bonds. The van der Waals surface area contributed by atoms with Gasteiger partial charge in [-0.1, -0.05) is 6.07 Å². The van der Waals surface area contributed by atoms with Crippen LogP contribution >= 0.6 is 11.3 Å². The molecule has 0 bridgehead atoms. The molecule has 1 saturated heterocycles. The van der Waals surface area contributed by atoms with E-state index in [0.717, 1.165) is 13.1 Å². The first-order chi connectivity index (χ1) is 13.8. The fourth-order valence-electron chi connectivity index (χ4n) is 3.36. The van der Waals surface area contributed by atoms with Crippen LogP contribution in [0.3, 0.4) is 0 Å². The highest BCUT2D eigenvalue weighted by molar-refractivity contribution is 7.10. The topological polar surface area (TPSA) is 70.7 Å². The Kier molecular flexibility index (Phi) is 6.92. The van der Waals surface area contributed by atoms with E-state index in [0.29, 0.717) is 17.8 Å². The number of hydrogen-bond donors (Lipinski definition) is 2. The molecule has 0 aliphatic carbocycles. The number of ether oxygens (including phenoxy) is 1. The van der Waals surface area contributed by atoms with Crippen molar-refractivity contribution in [3.8, 4) is 0 Å². The maximum Gasteiger partial charge on any atom is 0.412 e. The normalized spacial score (nSPS) is 15.7. The maximum absolute atomic E-state index is 12.6. The van der Waals surface area contributed by atoms with Crippen LogP contribution in [-0.2, 0) is 4.74 Å². The summed E-state index contributed by atoms with van der Waals surface area (Å²) in [6, 6.07) is 11.2. The predicted octanol–water partition coefficient (Wildman–Crippen LogP) is 4.66. The Labute approximate surface area is 176 Å². The lowest BCUT2D eigenvalue weighted by atomic mass is 10.1. The van der Waals surface area contributed by atoms with Crippen LogP contribution in [0.1, 0.15) is 54.9 Å². The molecule has 0 spiro atoms. The zero-order valence-corrected chi connectivity index (χ0v) is 18.1. The van der Waals surface area contributed by atoms with E-state index in [9.17, 15) is 9.59 Å². The molecule has 0 saturated carbocycles. The third-order valence-electron chi connectivity index (χ3n) is 4.70. The van der Waals surface area contributed by atoms with Gasteiger partial charge in [0, 0.05) is 22.7 Å². The Bertz CT molecular complexity index is 807. The summed E-state index contributed by atoms with van der Waals surface area (Å²) in [6.45, 7) is 8.16. The summed E-state index contributed by atoms with van der Waals surface area (Å²) in [4.78, 5) is 28.2. The van der Waals surface area contributed by atoms with E-state index >= 15 is 0 Å². The molecule has 2 N–H and O–H groups in total. The Morgan fingerprint density at radius 1 is 1.14 bits per heavy atom. The number of benzene rings is 1. The molecular weight excluding hydrogens is 386 g/mol. The first-order valence-electron chi connectivity index (χ1n) is 9.97. The minimum atomic E-state index is -0.557. The van der Waals surface area contributed by atoms with E-state index in [1.165, 1.54) is 17.7 Å². The van der Waals surface area contributed by atoms with Gasteiger partial charge in [0.2, 0.25) is 0 Å². The number of amides is 2. The first-order valence-corrected chi connectivity index (χ1v) is 10.9. The van der Waals surface area contributed by atoms with Gasteiger partial charge in [-0.3, -0.25) is 15.0 Å². The van der Waals surface area contributed by atoms with Crippen LogP contribution in [0.5, 0.6) is 0 Å². The molecule has 0 unspecified atom stereocenters. The second-order valence-corrected chi connectivity index (χ2v) is 9.17. The molecule has 1 aromatic carbocycles. The minimum Gasteiger partial charge on any atom is -0.444 e. The Morgan fingerprint density at radius 3 is 2.41 bits per heavy atom. The largest absolute Gasteiger partial charge is 0.444 e. The van der Waals surface area contributed by atoms with Gasteiger partial charge in [0.05, 0.1) is 6.04 Å². The standard InChI is InChI=1S/C22H29N3O3S/c1-22(2,3)28-21(27)24-17-10-8-16(9-11-17)20(26)23-15-18(19-7-6-14-29-19)25-12-4-5-13-25/h6-11,14,18H,4-5,12-13,15H2,1-3H3,(H,23,26)(H,24,27)/t18-/m1/s1. The van der Waals surface area contributed by atoms with Crippen LogP contribution in [0.4, 0.5) is 10.5 Å². The van der Waals surface area contributed by atoms with E-state index in [2.05, 4.69) is 33.0 Å². The fraction of sp³-hybridized carbons (Fsp3) is 0.455. The van der Waals surface area contributed by atoms with Crippen LogP contribution in [0.25, 0.3) is 0 Å². The van der Waals surface area contributed by atoms with Crippen molar-refractivity contribution in [3.05, 3.63) is 52.2 Å². The Morgan fingerprint density at radius 2 is 1.83 bits per heavy atom. The number of rotatable bonds is 6. The van der Waals surface area contributed by atoms with Crippen molar-refractivity contribution in [2.45, 2.75) is 45.3 Å². The Hall–Kier alpha value is -2.38. The van der Waals surface area contributed by atoms with Gasteiger partial charge < -0.3 is 10.1 Å². The van der Waals surface area contributed by atoms with Gasteiger partial charge in [0.25, 0.3) is 5.91 Å². The molecule has 1 aliphatic heterocycles. The van der Waals surface area contributed by atoms with Crippen molar-refractivity contribution < 1.29 is 14.3 Å². The molecule has 7 heteroatoms. The quantitative estimate of drug-likeness (QED) is 0.720. The molecule has 3 rings (SSSR count). The molecule has 0 radical (unpaired) electrons. The van der Waals surface area contributed by atoms with Gasteiger partial charge in [-0.05, 0) is 82.4 Å². The number of nitrogens with one attached hydrogen (secondary N) is 2. The molecule has 1 atom stereocenters. The van der Waals surface area contributed by atoms with Crippen molar-refractivity contribution in [2.24, 2.45) is 0 Å². The van der Waals surface area contributed by atoms with E-state index < -0.39 is 11.7 Å². The second kappa shape index (κ2) is 9.41. The lowest BCUT2D eigenvalue weighted by molar-refractivity contribution is 0.0635. The van der Waals surface area contributed by atoms with Crippen LogP contribution in [0, 0.1) is 0 Å². The molecule has 1 fully saturated rings. The number of carbonyl (C=O) groups excluding carboxylic acids is 2.